The number of methoxy groups -OCH3 is 1. The van der Waals surface area contributed by atoms with Gasteiger partial charge in [0.15, 0.2) is 0 Å². The number of likely N-dealkylation sites (N-methyl/N-ethyl adjacent to an activating group) is 1. The minimum Gasteiger partial charge on any atom is -0.495 e. The van der Waals surface area contributed by atoms with E-state index in [0.717, 1.165) is 16.1 Å². The van der Waals surface area contributed by atoms with E-state index >= 15 is 0 Å². The van der Waals surface area contributed by atoms with Crippen molar-refractivity contribution in [3.63, 3.8) is 0 Å². The van der Waals surface area contributed by atoms with Gasteiger partial charge in [-0.2, -0.15) is 0 Å². The first-order valence-electron chi connectivity index (χ1n) is 9.44. The second kappa shape index (κ2) is 10.5. The lowest BCUT2D eigenvalue weighted by Gasteiger charge is -2.31. The molecule has 0 heterocycles. The Morgan fingerprint density at radius 3 is 2.35 bits per heavy atom. The summed E-state index contributed by atoms with van der Waals surface area (Å²) in [6.45, 7) is 1.20. The molecular weight excluding hydrogens is 442 g/mol. The highest BCUT2D eigenvalue weighted by Crippen LogP contribution is 2.33. The second-order valence-electron chi connectivity index (χ2n) is 6.88. The third-order valence-corrected chi connectivity index (χ3v) is 6.06. The van der Waals surface area contributed by atoms with Crippen LogP contribution in [0.25, 0.3) is 0 Å². The summed E-state index contributed by atoms with van der Waals surface area (Å²) < 4.78 is 31.3. The molecule has 1 atom stereocenters. The summed E-state index contributed by atoms with van der Waals surface area (Å²) in [5.74, 6) is -0.667. The van der Waals surface area contributed by atoms with Crippen molar-refractivity contribution in [2.75, 3.05) is 31.3 Å². The lowest BCUT2D eigenvalue weighted by molar-refractivity contribution is -0.139. The Bertz CT molecular complexity index is 1030. The summed E-state index contributed by atoms with van der Waals surface area (Å²) in [4.78, 5) is 26.9. The molecule has 0 bridgehead atoms. The molecule has 2 amide bonds. The minimum absolute atomic E-state index is 0.137. The third kappa shape index (κ3) is 6.35. The molecule has 1 N–H and O–H groups in total. The number of halogens is 1. The minimum atomic E-state index is -3.87. The summed E-state index contributed by atoms with van der Waals surface area (Å²) in [7, 11) is -1.00. The number of ether oxygens (including phenoxy) is 1. The van der Waals surface area contributed by atoms with Gasteiger partial charge in [0.2, 0.25) is 21.8 Å². The summed E-state index contributed by atoms with van der Waals surface area (Å²) in [5, 5.41) is 2.81. The number of benzene rings is 2. The van der Waals surface area contributed by atoms with Crippen molar-refractivity contribution in [1.82, 2.24) is 10.2 Å². The molecule has 0 aromatic heterocycles. The van der Waals surface area contributed by atoms with Gasteiger partial charge < -0.3 is 15.0 Å². The molecule has 0 aliphatic heterocycles. The normalized spacial score (nSPS) is 12.0. The van der Waals surface area contributed by atoms with Crippen LogP contribution in [0.5, 0.6) is 5.75 Å². The van der Waals surface area contributed by atoms with Gasteiger partial charge in [-0.05, 0) is 30.7 Å². The highest BCUT2D eigenvalue weighted by Gasteiger charge is 2.30. The second-order valence-corrected chi connectivity index (χ2v) is 9.23. The smallest absolute Gasteiger partial charge is 0.244 e. The number of nitrogens with zero attached hydrogens (tertiary/aromatic N) is 2. The van der Waals surface area contributed by atoms with Gasteiger partial charge in [0.1, 0.15) is 18.3 Å². The first-order valence-corrected chi connectivity index (χ1v) is 11.7. The van der Waals surface area contributed by atoms with Crippen LogP contribution >= 0.6 is 11.6 Å². The van der Waals surface area contributed by atoms with E-state index in [-0.39, 0.29) is 28.9 Å². The maximum absolute atomic E-state index is 13.3. The zero-order chi connectivity index (χ0) is 23.2. The molecule has 2 aromatic carbocycles. The summed E-state index contributed by atoms with van der Waals surface area (Å²) in [6, 6.07) is 12.8. The number of carbonyl (C=O) groups is 2. The summed E-state index contributed by atoms with van der Waals surface area (Å²) in [6.07, 6.45) is 0.990. The van der Waals surface area contributed by atoms with Gasteiger partial charge in [-0.3, -0.25) is 13.9 Å². The highest BCUT2D eigenvalue weighted by molar-refractivity contribution is 7.92. The average molecular weight is 468 g/mol. The van der Waals surface area contributed by atoms with E-state index in [9.17, 15) is 18.0 Å². The molecular formula is C21H26ClN3O5S. The van der Waals surface area contributed by atoms with E-state index in [2.05, 4.69) is 5.32 Å². The van der Waals surface area contributed by atoms with Crippen molar-refractivity contribution in [2.24, 2.45) is 0 Å². The van der Waals surface area contributed by atoms with Gasteiger partial charge in [0.05, 0.1) is 19.1 Å². The van der Waals surface area contributed by atoms with Crippen molar-refractivity contribution < 1.29 is 22.7 Å². The lowest BCUT2D eigenvalue weighted by atomic mass is 10.1. The molecule has 2 rings (SSSR count). The van der Waals surface area contributed by atoms with E-state index < -0.39 is 28.5 Å². The third-order valence-electron chi connectivity index (χ3n) is 4.70. The Labute approximate surface area is 187 Å². The number of hydrogen-bond acceptors (Lipinski definition) is 5. The Morgan fingerprint density at radius 2 is 1.81 bits per heavy atom. The van der Waals surface area contributed by atoms with E-state index in [1.165, 1.54) is 31.2 Å². The van der Waals surface area contributed by atoms with Gasteiger partial charge >= 0.3 is 0 Å². The molecule has 0 fully saturated rings. The quantitative estimate of drug-likeness (QED) is 0.610. The van der Waals surface area contributed by atoms with Crippen molar-refractivity contribution in [3.8, 4) is 5.75 Å². The van der Waals surface area contributed by atoms with E-state index in [4.69, 9.17) is 16.3 Å². The maximum Gasteiger partial charge on any atom is 0.244 e. The largest absolute Gasteiger partial charge is 0.495 e. The molecule has 0 spiro atoms. The summed E-state index contributed by atoms with van der Waals surface area (Å²) in [5.41, 5.74) is 0.941. The lowest BCUT2D eigenvalue weighted by Crippen LogP contribution is -2.50. The van der Waals surface area contributed by atoms with Crippen LogP contribution in [-0.2, 0) is 26.2 Å². The Morgan fingerprint density at radius 1 is 1.16 bits per heavy atom. The molecule has 0 saturated heterocycles. The van der Waals surface area contributed by atoms with Crippen molar-refractivity contribution >= 4 is 39.1 Å². The van der Waals surface area contributed by atoms with Crippen LogP contribution in [0, 0.1) is 0 Å². The van der Waals surface area contributed by atoms with E-state index in [0.29, 0.717) is 0 Å². The van der Waals surface area contributed by atoms with Crippen molar-refractivity contribution in [2.45, 2.75) is 19.5 Å². The molecule has 2 aromatic rings. The first kappa shape index (κ1) is 24.5. The number of nitrogens with one attached hydrogen (secondary N) is 1. The summed E-state index contributed by atoms with van der Waals surface area (Å²) >= 11 is 6.06. The standard InChI is InChI=1S/C21H26ClN3O5S/c1-15(21(27)23-2)24(13-16-8-6-5-7-9-16)20(26)14-25(31(4,28)29)18-12-17(22)10-11-19(18)30-3/h5-12,15H,13-14H2,1-4H3,(H,23,27). The predicted molar refractivity (Wildman–Crippen MR) is 121 cm³/mol. The Hall–Kier alpha value is -2.78. The van der Waals surface area contributed by atoms with Crippen LogP contribution < -0.4 is 14.4 Å². The van der Waals surface area contributed by atoms with Crippen molar-refractivity contribution in [3.05, 3.63) is 59.1 Å². The van der Waals surface area contributed by atoms with Crippen molar-refractivity contribution in [1.29, 1.82) is 0 Å². The molecule has 0 saturated carbocycles. The van der Waals surface area contributed by atoms with Gasteiger partial charge in [-0.1, -0.05) is 41.9 Å². The molecule has 168 valence electrons. The van der Waals surface area contributed by atoms with Gasteiger partial charge in [-0.15, -0.1) is 0 Å². The van der Waals surface area contributed by atoms with E-state index in [1.54, 1.807) is 13.0 Å². The number of carbonyl (C=O) groups excluding carboxylic acids is 2. The molecule has 0 aliphatic carbocycles. The number of hydrogen-bond donors (Lipinski definition) is 1. The Kier molecular flexibility index (Phi) is 8.29. The number of amides is 2. The monoisotopic (exact) mass is 467 g/mol. The molecule has 8 nitrogen and oxygen atoms in total. The molecule has 31 heavy (non-hydrogen) atoms. The van der Waals surface area contributed by atoms with E-state index in [1.807, 2.05) is 30.3 Å². The average Bonchev–Trinajstić information content (AvgIpc) is 2.74. The van der Waals surface area contributed by atoms with Gasteiger partial charge in [0, 0.05) is 18.6 Å². The fourth-order valence-electron chi connectivity index (χ4n) is 3.02. The maximum atomic E-state index is 13.3. The number of anilines is 1. The highest BCUT2D eigenvalue weighted by atomic mass is 35.5. The van der Waals surface area contributed by atoms with Gasteiger partial charge in [-0.25, -0.2) is 8.42 Å². The zero-order valence-electron chi connectivity index (χ0n) is 17.8. The number of sulfonamides is 1. The van der Waals surface area contributed by atoms with Crippen LogP contribution in [0.3, 0.4) is 0 Å². The first-order chi connectivity index (χ1) is 14.6. The zero-order valence-corrected chi connectivity index (χ0v) is 19.4. The van der Waals surface area contributed by atoms with Crippen LogP contribution in [0.2, 0.25) is 5.02 Å². The molecule has 10 heteroatoms. The molecule has 1 unspecified atom stereocenters. The van der Waals surface area contributed by atoms with Crippen LogP contribution in [0.15, 0.2) is 48.5 Å². The fraction of sp³-hybridized carbons (Fsp3) is 0.333. The molecule has 0 radical (unpaired) electrons. The van der Waals surface area contributed by atoms with Crippen LogP contribution in [-0.4, -0.2) is 58.1 Å². The fourth-order valence-corrected chi connectivity index (χ4v) is 4.04. The predicted octanol–water partition coefficient (Wildman–Crippen LogP) is 2.28. The number of rotatable bonds is 9. The van der Waals surface area contributed by atoms with Gasteiger partial charge in [0.25, 0.3) is 0 Å². The van der Waals surface area contributed by atoms with Crippen LogP contribution in [0.1, 0.15) is 12.5 Å². The Balaban J connectivity index is 2.44. The molecule has 0 aliphatic rings. The van der Waals surface area contributed by atoms with Crippen LogP contribution in [0.4, 0.5) is 5.69 Å². The topological polar surface area (TPSA) is 96.0 Å². The SMILES string of the molecule is CNC(=O)C(C)N(Cc1ccccc1)C(=O)CN(c1cc(Cl)ccc1OC)S(C)(=O)=O.